The number of methoxy groups -OCH3 is 1. The van der Waals surface area contributed by atoms with Gasteiger partial charge in [0.05, 0.1) is 29.5 Å². The van der Waals surface area contributed by atoms with Crippen molar-refractivity contribution in [1.82, 2.24) is 9.55 Å². The molecule has 10 heteroatoms. The Balaban J connectivity index is 1.31. The molecule has 2 aliphatic rings. The van der Waals surface area contributed by atoms with Gasteiger partial charge >= 0.3 is 5.97 Å². The van der Waals surface area contributed by atoms with Crippen molar-refractivity contribution in [3.05, 3.63) is 67.1 Å². The standard InChI is InChI=1S/C28H27N3O4S3/c1-35-27(34)23-18-11-6-3-7-13-19(18)38-25(23)29-21(32)15-36-28-30-24-22(17-12-8-14-20(17)37-24)26(33)31(28)16-9-4-2-5-10-16/h2,4-5,9-10H,3,6-8,11-15H2,1H3,(H,29,32). The number of hydrogen-bond donors (Lipinski definition) is 1. The van der Waals surface area contributed by atoms with Crippen LogP contribution in [-0.2, 0) is 35.2 Å². The Morgan fingerprint density at radius 3 is 2.55 bits per heavy atom. The fraction of sp³-hybridized carbons (Fsp3) is 0.357. The minimum atomic E-state index is -0.414. The van der Waals surface area contributed by atoms with Gasteiger partial charge in [-0.05, 0) is 68.2 Å². The van der Waals surface area contributed by atoms with Gasteiger partial charge in [-0.1, -0.05) is 36.4 Å². The number of benzene rings is 1. The maximum Gasteiger partial charge on any atom is 0.341 e. The highest BCUT2D eigenvalue weighted by Gasteiger charge is 2.27. The Kier molecular flexibility index (Phi) is 7.11. The number of hydrogen-bond acceptors (Lipinski definition) is 8. The molecular weight excluding hydrogens is 539 g/mol. The lowest BCUT2D eigenvalue weighted by Gasteiger charge is -2.12. The number of para-hydroxylation sites is 1. The van der Waals surface area contributed by atoms with Gasteiger partial charge in [0.2, 0.25) is 5.91 Å². The minimum Gasteiger partial charge on any atom is -0.465 e. The van der Waals surface area contributed by atoms with Crippen molar-refractivity contribution in [2.75, 3.05) is 18.2 Å². The smallest absolute Gasteiger partial charge is 0.341 e. The molecule has 7 nitrogen and oxygen atoms in total. The minimum absolute atomic E-state index is 0.0546. The molecule has 4 aromatic rings. The summed E-state index contributed by atoms with van der Waals surface area (Å²) in [5, 5.41) is 4.71. The van der Waals surface area contributed by atoms with E-state index in [0.717, 1.165) is 77.9 Å². The molecule has 0 saturated heterocycles. The van der Waals surface area contributed by atoms with Gasteiger partial charge in [-0.2, -0.15) is 0 Å². The quantitative estimate of drug-likeness (QED) is 0.138. The Hall–Kier alpha value is -2.95. The number of rotatable bonds is 6. The van der Waals surface area contributed by atoms with Gasteiger partial charge < -0.3 is 10.1 Å². The molecule has 3 heterocycles. The number of anilines is 1. The molecule has 0 atom stereocenters. The third-order valence-corrected chi connectivity index (χ3v) is 10.5. The van der Waals surface area contributed by atoms with E-state index in [2.05, 4.69) is 5.32 Å². The van der Waals surface area contributed by atoms with Crippen LogP contribution in [0.1, 0.15) is 56.9 Å². The highest BCUT2D eigenvalue weighted by molar-refractivity contribution is 7.99. The summed E-state index contributed by atoms with van der Waals surface area (Å²) in [5.74, 6) is -0.610. The van der Waals surface area contributed by atoms with Crippen molar-refractivity contribution in [3.8, 4) is 5.69 Å². The molecule has 1 N–H and O–H groups in total. The number of amides is 1. The van der Waals surface area contributed by atoms with Crippen LogP contribution in [0.4, 0.5) is 5.00 Å². The third-order valence-electron chi connectivity index (χ3n) is 7.12. The van der Waals surface area contributed by atoms with Crippen LogP contribution in [0.25, 0.3) is 15.9 Å². The molecule has 1 amide bonds. The average Bonchev–Trinajstić information content (AvgIpc) is 3.55. The Morgan fingerprint density at radius 1 is 1.00 bits per heavy atom. The van der Waals surface area contributed by atoms with Crippen molar-refractivity contribution in [1.29, 1.82) is 0 Å². The topological polar surface area (TPSA) is 90.3 Å². The van der Waals surface area contributed by atoms with Crippen molar-refractivity contribution >= 4 is 61.5 Å². The zero-order chi connectivity index (χ0) is 26.2. The number of nitrogens with one attached hydrogen (secondary N) is 1. The van der Waals surface area contributed by atoms with E-state index in [9.17, 15) is 14.4 Å². The predicted octanol–water partition coefficient (Wildman–Crippen LogP) is 5.78. The SMILES string of the molecule is COC(=O)c1c(NC(=O)CSc2nc3sc4c(c3c(=O)n2-c2ccccc2)CCC4)sc2c1CCCCC2. The molecule has 0 aliphatic heterocycles. The number of thioether (sulfide) groups is 1. The zero-order valence-electron chi connectivity index (χ0n) is 21.0. The van der Waals surface area contributed by atoms with Crippen LogP contribution in [0.5, 0.6) is 0 Å². The number of fused-ring (bicyclic) bond motifs is 4. The van der Waals surface area contributed by atoms with E-state index in [0.29, 0.717) is 21.1 Å². The maximum absolute atomic E-state index is 13.8. The van der Waals surface area contributed by atoms with E-state index in [1.807, 2.05) is 30.3 Å². The summed E-state index contributed by atoms with van der Waals surface area (Å²) in [5.41, 5.74) is 3.27. The zero-order valence-corrected chi connectivity index (χ0v) is 23.5. The number of carbonyl (C=O) groups is 2. The van der Waals surface area contributed by atoms with E-state index >= 15 is 0 Å². The number of ether oxygens (including phenoxy) is 1. The van der Waals surface area contributed by atoms with Gasteiger partial charge in [0.15, 0.2) is 5.16 Å². The molecule has 1 aromatic carbocycles. The van der Waals surface area contributed by atoms with Gasteiger partial charge in [0.1, 0.15) is 9.83 Å². The highest BCUT2D eigenvalue weighted by atomic mass is 32.2. The number of aryl methyl sites for hydroxylation is 3. The average molecular weight is 566 g/mol. The second kappa shape index (κ2) is 10.7. The second-order valence-electron chi connectivity index (χ2n) is 9.50. The largest absolute Gasteiger partial charge is 0.465 e. The first kappa shape index (κ1) is 25.3. The summed E-state index contributed by atoms with van der Waals surface area (Å²) in [7, 11) is 1.37. The lowest BCUT2D eigenvalue weighted by Crippen LogP contribution is -2.23. The Labute approximate surface area is 232 Å². The molecule has 0 unspecified atom stereocenters. The first-order chi connectivity index (χ1) is 18.5. The fourth-order valence-electron chi connectivity index (χ4n) is 5.37. The number of thiophene rings is 2. The summed E-state index contributed by atoms with van der Waals surface area (Å²) >= 11 is 4.30. The molecule has 2 aliphatic carbocycles. The molecule has 0 fully saturated rings. The molecule has 38 heavy (non-hydrogen) atoms. The predicted molar refractivity (Wildman–Crippen MR) is 154 cm³/mol. The first-order valence-corrected chi connectivity index (χ1v) is 15.4. The van der Waals surface area contributed by atoms with E-state index in [4.69, 9.17) is 9.72 Å². The van der Waals surface area contributed by atoms with Gasteiger partial charge in [0.25, 0.3) is 5.56 Å². The van der Waals surface area contributed by atoms with Crippen LogP contribution in [0, 0.1) is 0 Å². The molecule has 196 valence electrons. The monoisotopic (exact) mass is 565 g/mol. The molecule has 0 saturated carbocycles. The molecule has 0 spiro atoms. The molecule has 0 radical (unpaired) electrons. The van der Waals surface area contributed by atoms with Crippen LogP contribution in [0.3, 0.4) is 0 Å². The normalized spacial score (nSPS) is 14.7. The maximum atomic E-state index is 13.8. The van der Waals surface area contributed by atoms with E-state index < -0.39 is 5.97 Å². The summed E-state index contributed by atoms with van der Waals surface area (Å²) in [4.78, 5) is 47.6. The van der Waals surface area contributed by atoms with E-state index in [1.165, 1.54) is 35.1 Å². The molecule has 0 bridgehead atoms. The van der Waals surface area contributed by atoms with Crippen molar-refractivity contribution < 1.29 is 14.3 Å². The number of esters is 1. The second-order valence-corrected chi connectivity index (χ2v) is 12.6. The number of aromatic nitrogens is 2. The Morgan fingerprint density at radius 2 is 1.74 bits per heavy atom. The molecule has 6 rings (SSSR count). The summed E-state index contributed by atoms with van der Waals surface area (Å²) in [6, 6.07) is 9.45. The number of nitrogens with zero attached hydrogens (tertiary/aromatic N) is 2. The van der Waals surface area contributed by atoms with Gasteiger partial charge in [0, 0.05) is 9.75 Å². The molecular formula is C28H27N3O4S3. The summed E-state index contributed by atoms with van der Waals surface area (Å²) < 4.78 is 6.69. The first-order valence-electron chi connectivity index (χ1n) is 12.8. The van der Waals surface area contributed by atoms with Crippen molar-refractivity contribution in [3.63, 3.8) is 0 Å². The number of carbonyl (C=O) groups excluding carboxylic acids is 2. The summed E-state index contributed by atoms with van der Waals surface area (Å²) in [6.07, 6.45) is 7.92. The lowest BCUT2D eigenvalue weighted by atomic mass is 10.1. The van der Waals surface area contributed by atoms with Crippen LogP contribution in [0.2, 0.25) is 0 Å². The third kappa shape index (κ3) is 4.58. The van der Waals surface area contributed by atoms with Crippen molar-refractivity contribution in [2.24, 2.45) is 0 Å². The highest BCUT2D eigenvalue weighted by Crippen LogP contribution is 2.39. The van der Waals surface area contributed by atoms with Gasteiger partial charge in [-0.25, -0.2) is 9.78 Å². The van der Waals surface area contributed by atoms with Crippen LogP contribution in [0.15, 0.2) is 40.3 Å². The Bertz CT molecular complexity index is 1600. The van der Waals surface area contributed by atoms with Crippen LogP contribution in [-0.4, -0.2) is 34.3 Å². The van der Waals surface area contributed by atoms with Crippen LogP contribution >= 0.6 is 34.4 Å². The van der Waals surface area contributed by atoms with E-state index in [-0.39, 0.29) is 17.2 Å². The summed E-state index contributed by atoms with van der Waals surface area (Å²) in [6.45, 7) is 0. The lowest BCUT2D eigenvalue weighted by molar-refractivity contribution is -0.113. The van der Waals surface area contributed by atoms with Crippen LogP contribution < -0.4 is 10.9 Å². The fourth-order valence-corrected chi connectivity index (χ4v) is 8.78. The van der Waals surface area contributed by atoms with E-state index in [1.54, 1.807) is 15.9 Å². The van der Waals surface area contributed by atoms with Gasteiger partial charge in [-0.15, -0.1) is 22.7 Å². The molecule has 3 aromatic heterocycles. The van der Waals surface area contributed by atoms with Gasteiger partial charge in [-0.3, -0.25) is 14.2 Å². The van der Waals surface area contributed by atoms with Crippen molar-refractivity contribution in [2.45, 2.75) is 56.5 Å².